The molecule has 0 aliphatic carbocycles. The van der Waals surface area contributed by atoms with E-state index in [-0.39, 0.29) is 0 Å². The topological polar surface area (TPSA) is 50.7 Å². The van der Waals surface area contributed by atoms with E-state index in [4.69, 9.17) is 4.74 Å². The van der Waals surface area contributed by atoms with Gasteiger partial charge in [-0.05, 0) is 13.8 Å². The first-order valence-corrected chi connectivity index (χ1v) is 9.52. The lowest BCUT2D eigenvalue weighted by Crippen LogP contribution is -2.07. The fourth-order valence-corrected chi connectivity index (χ4v) is 3.91. The van der Waals surface area contributed by atoms with Gasteiger partial charge in [0, 0.05) is 28.5 Å². The molecule has 5 heteroatoms. The van der Waals surface area contributed by atoms with Crippen LogP contribution in [0, 0.1) is 0 Å². The highest BCUT2D eigenvalue weighted by atomic mass is 31.2. The van der Waals surface area contributed by atoms with Crippen molar-refractivity contribution in [2.75, 3.05) is 0 Å². The lowest BCUT2D eigenvalue weighted by atomic mass is 10.2. The van der Waals surface area contributed by atoms with E-state index in [0.29, 0.717) is 11.5 Å². The fourth-order valence-electron chi connectivity index (χ4n) is 2.26. The van der Waals surface area contributed by atoms with E-state index >= 15 is 0 Å². The second-order valence-electron chi connectivity index (χ2n) is 5.69. The molecule has 1 aliphatic rings. The first kappa shape index (κ1) is 16.3. The van der Waals surface area contributed by atoms with Crippen molar-refractivity contribution in [3.8, 4) is 0 Å². The maximum atomic E-state index is 13.3. The van der Waals surface area contributed by atoms with E-state index in [1.54, 1.807) is 11.6 Å². The highest BCUT2D eigenvalue weighted by Gasteiger charge is 2.26. The number of benzene rings is 2. The minimum atomic E-state index is -3.00. The van der Waals surface area contributed by atoms with Crippen molar-refractivity contribution >= 4 is 24.5 Å². The molecule has 1 heterocycles. The fraction of sp³-hybridized carbons (Fsp3) is 0.105. The van der Waals surface area contributed by atoms with Gasteiger partial charge in [-0.1, -0.05) is 60.7 Å². The van der Waals surface area contributed by atoms with E-state index in [1.807, 2.05) is 74.5 Å². The van der Waals surface area contributed by atoms with Crippen LogP contribution in [0.25, 0.3) is 11.5 Å². The van der Waals surface area contributed by atoms with E-state index in [1.165, 1.54) is 0 Å². The molecule has 0 radical (unpaired) electrons. The van der Waals surface area contributed by atoms with E-state index < -0.39 is 7.29 Å². The van der Waals surface area contributed by atoms with Gasteiger partial charge in [-0.15, -0.1) is 0 Å². The molecule has 1 aliphatic heterocycles. The first-order valence-electron chi connectivity index (χ1n) is 7.68. The Kier molecular flexibility index (Phi) is 4.68. The maximum absolute atomic E-state index is 13.3. The van der Waals surface area contributed by atoms with E-state index in [0.717, 1.165) is 16.8 Å². The Labute approximate surface area is 142 Å². The Bertz CT molecular complexity index is 792. The number of nitrogens with one attached hydrogen (secondary N) is 1. The summed E-state index contributed by atoms with van der Waals surface area (Å²) in [6.45, 7) is 3.70. The predicted molar refractivity (Wildman–Crippen MR) is 99.4 cm³/mol. The molecule has 2 aromatic carbocycles. The molecule has 0 saturated heterocycles. The average molecular weight is 338 g/mol. The molecule has 0 fully saturated rings. The number of nitrogens with zero attached hydrogens (tertiary/aromatic N) is 1. The summed E-state index contributed by atoms with van der Waals surface area (Å²) in [5.41, 5.74) is 2.55. The third-order valence-corrected chi connectivity index (χ3v) is 5.03. The van der Waals surface area contributed by atoms with Gasteiger partial charge >= 0.3 is 0 Å². The molecule has 0 amide bonds. The Morgan fingerprint density at radius 1 is 0.875 bits per heavy atom. The molecule has 0 bridgehead atoms. The lowest BCUT2D eigenvalue weighted by Gasteiger charge is -2.22. The molecule has 0 unspecified atom stereocenters. The summed E-state index contributed by atoms with van der Waals surface area (Å²) >= 11 is 0. The summed E-state index contributed by atoms with van der Waals surface area (Å²) in [7, 11) is -3.00. The molecule has 122 valence electrons. The second kappa shape index (κ2) is 6.90. The molecule has 0 atom stereocenters. The van der Waals surface area contributed by atoms with Crippen molar-refractivity contribution in [2.45, 2.75) is 13.8 Å². The Morgan fingerprint density at radius 3 is 1.75 bits per heavy atom. The van der Waals surface area contributed by atoms with Crippen LogP contribution in [0.2, 0.25) is 0 Å². The second-order valence-corrected chi connectivity index (χ2v) is 7.82. The molecule has 3 rings (SSSR count). The smallest absolute Gasteiger partial charge is 0.235 e. The summed E-state index contributed by atoms with van der Waals surface area (Å²) in [5, 5.41) is 6.94. The number of rotatable bonds is 4. The Balaban J connectivity index is 2.04. The van der Waals surface area contributed by atoms with Crippen molar-refractivity contribution < 1.29 is 9.30 Å². The summed E-state index contributed by atoms with van der Waals surface area (Å²) < 4.78 is 19.3. The van der Waals surface area contributed by atoms with Crippen molar-refractivity contribution in [3.63, 3.8) is 0 Å². The largest absolute Gasteiger partial charge is 0.456 e. The van der Waals surface area contributed by atoms with Crippen LogP contribution >= 0.6 is 7.29 Å². The summed E-state index contributed by atoms with van der Waals surface area (Å²) in [5.74, 6) is 4.39. The van der Waals surface area contributed by atoms with Gasteiger partial charge in [0.05, 0.1) is 0 Å². The maximum Gasteiger partial charge on any atom is 0.235 e. The normalized spacial score (nSPS) is 15.6. The quantitative estimate of drug-likeness (QED) is 0.469. The van der Waals surface area contributed by atoms with Crippen LogP contribution in [0.4, 0.5) is 0 Å². The van der Waals surface area contributed by atoms with Crippen molar-refractivity contribution in [1.29, 1.82) is 0 Å². The van der Waals surface area contributed by atoms with Crippen LogP contribution in [0.15, 0.2) is 77.4 Å². The molecule has 0 aromatic heterocycles. The van der Waals surface area contributed by atoms with Crippen LogP contribution in [0.1, 0.15) is 25.0 Å². The zero-order chi connectivity index (χ0) is 17.0. The van der Waals surface area contributed by atoms with Gasteiger partial charge in [0.15, 0.2) is 0 Å². The van der Waals surface area contributed by atoms with Gasteiger partial charge in [-0.3, -0.25) is 9.76 Å². The molecule has 0 spiro atoms. The van der Waals surface area contributed by atoms with Gasteiger partial charge in [0.25, 0.3) is 0 Å². The lowest BCUT2D eigenvalue weighted by molar-refractivity contribution is 0.468. The van der Waals surface area contributed by atoms with E-state index in [9.17, 15) is 4.57 Å². The number of hydrogen-bond acceptors (Lipinski definition) is 3. The highest BCUT2D eigenvalue weighted by Crippen LogP contribution is 2.53. The summed E-state index contributed by atoms with van der Waals surface area (Å²) in [4.78, 5) is 0. The number of hydrazone groups is 1. The minimum Gasteiger partial charge on any atom is -0.456 e. The highest BCUT2D eigenvalue weighted by molar-refractivity contribution is 7.68. The van der Waals surface area contributed by atoms with E-state index in [2.05, 4.69) is 10.3 Å². The third kappa shape index (κ3) is 3.84. The Morgan fingerprint density at radius 2 is 1.33 bits per heavy atom. The summed E-state index contributed by atoms with van der Waals surface area (Å²) in [6.07, 6.45) is 0. The zero-order valence-electron chi connectivity index (χ0n) is 13.6. The molecule has 2 aromatic rings. The van der Waals surface area contributed by atoms with Gasteiger partial charge in [0.2, 0.25) is 7.29 Å². The number of ether oxygens (including phenoxy) is 1. The SMILES string of the molecule is CC(C)=NNP1(=O)C=C(c2ccccc2)OC(c2ccccc2)=C1. The minimum absolute atomic E-state index is 0.566. The Hall–Kier alpha value is -2.58. The zero-order valence-corrected chi connectivity index (χ0v) is 14.5. The third-order valence-electron chi connectivity index (χ3n) is 3.38. The van der Waals surface area contributed by atoms with Crippen LogP contribution in [-0.4, -0.2) is 5.71 Å². The molecule has 1 N–H and O–H groups in total. The molecular formula is C19H19N2O2P. The van der Waals surface area contributed by atoms with Crippen molar-refractivity contribution in [1.82, 2.24) is 5.20 Å². The van der Waals surface area contributed by atoms with Crippen LogP contribution < -0.4 is 5.20 Å². The molecule has 0 saturated carbocycles. The van der Waals surface area contributed by atoms with Gasteiger partial charge < -0.3 is 4.74 Å². The first-order chi connectivity index (χ1) is 11.6. The van der Waals surface area contributed by atoms with Crippen molar-refractivity contribution in [3.05, 3.63) is 83.4 Å². The van der Waals surface area contributed by atoms with Crippen LogP contribution in [0.3, 0.4) is 0 Å². The van der Waals surface area contributed by atoms with Gasteiger partial charge in [-0.25, -0.2) is 0 Å². The molecule has 4 nitrogen and oxygen atoms in total. The average Bonchev–Trinajstić information content (AvgIpc) is 2.61. The standard InChI is InChI=1S/C19H19N2O2P/c1-15(2)20-21-24(22)13-18(16-9-5-3-6-10-16)23-19(14-24)17-11-7-4-8-12-17/h3-14H,1-2H3,(H,21,22). The predicted octanol–water partition coefficient (Wildman–Crippen LogP) is 5.28. The molecule has 24 heavy (non-hydrogen) atoms. The van der Waals surface area contributed by atoms with Gasteiger partial charge in [0.1, 0.15) is 11.5 Å². The monoisotopic (exact) mass is 338 g/mol. The van der Waals surface area contributed by atoms with Crippen LogP contribution in [-0.2, 0) is 9.30 Å². The number of hydrogen-bond donors (Lipinski definition) is 1. The van der Waals surface area contributed by atoms with Gasteiger partial charge in [-0.2, -0.15) is 5.10 Å². The molecular weight excluding hydrogens is 319 g/mol. The van der Waals surface area contributed by atoms with Crippen molar-refractivity contribution in [2.24, 2.45) is 5.10 Å². The summed E-state index contributed by atoms with van der Waals surface area (Å²) in [6, 6.07) is 19.3. The van der Waals surface area contributed by atoms with Crippen LogP contribution in [0.5, 0.6) is 0 Å².